The molecular formula is C24H20BN6O6-. The molecule has 7 rings (SSSR count). The topological polar surface area (TPSA) is 160 Å². The third-order valence-corrected chi connectivity index (χ3v) is 6.97. The number of aliphatic hydroxyl groups excluding tert-OH is 1. The van der Waals surface area contributed by atoms with E-state index in [9.17, 15) is 5.11 Å². The summed E-state index contributed by atoms with van der Waals surface area (Å²) in [5.74, 6) is 1.49. The first-order chi connectivity index (χ1) is 18.1. The van der Waals surface area contributed by atoms with Crippen LogP contribution in [0.1, 0.15) is 17.4 Å². The van der Waals surface area contributed by atoms with Gasteiger partial charge in [-0.25, -0.2) is 15.0 Å². The number of nitrogens with zero attached hydrogens (tertiary/aromatic N) is 5. The summed E-state index contributed by atoms with van der Waals surface area (Å²) in [6.07, 6.45) is 0.443. The molecule has 0 bridgehead atoms. The van der Waals surface area contributed by atoms with Gasteiger partial charge in [-0.05, 0) is 36.4 Å². The Labute approximate surface area is 210 Å². The monoisotopic (exact) mass is 499 g/mol. The van der Waals surface area contributed by atoms with Crippen molar-refractivity contribution in [2.75, 3.05) is 12.3 Å². The maximum Gasteiger partial charge on any atom is 0.410 e. The van der Waals surface area contributed by atoms with Crippen LogP contribution in [0.3, 0.4) is 0 Å². The Kier molecular flexibility index (Phi) is 4.93. The van der Waals surface area contributed by atoms with Crippen LogP contribution in [-0.2, 0) is 25.3 Å². The summed E-state index contributed by atoms with van der Waals surface area (Å²) in [4.78, 5) is 12.6. The molecule has 3 aliphatic heterocycles. The maximum absolute atomic E-state index is 10.0. The Bertz CT molecular complexity index is 1560. The van der Waals surface area contributed by atoms with E-state index in [-0.39, 0.29) is 19.0 Å². The Morgan fingerprint density at radius 1 is 1.11 bits per heavy atom. The number of aliphatic hydroxyl groups is 1. The van der Waals surface area contributed by atoms with Crippen LogP contribution in [0, 0.1) is 11.3 Å². The normalized spacial score (nSPS) is 27.9. The van der Waals surface area contributed by atoms with E-state index in [1.165, 1.54) is 6.33 Å². The van der Waals surface area contributed by atoms with Crippen LogP contribution in [0.15, 0.2) is 55.1 Å². The summed E-state index contributed by atoms with van der Waals surface area (Å²) in [7, 11) is 0. The van der Waals surface area contributed by atoms with Crippen molar-refractivity contribution in [3.8, 4) is 17.6 Å². The highest BCUT2D eigenvalue weighted by Crippen LogP contribution is 2.44. The molecule has 3 aliphatic rings. The van der Waals surface area contributed by atoms with Crippen LogP contribution < -0.4 is 15.9 Å². The summed E-state index contributed by atoms with van der Waals surface area (Å²) < 4.78 is 32.8. The highest BCUT2D eigenvalue weighted by atomic mass is 16.8. The summed E-state index contributed by atoms with van der Waals surface area (Å²) in [5, 5.41) is 19.0. The van der Waals surface area contributed by atoms with Gasteiger partial charge in [0.25, 0.3) is 0 Å². The smallest absolute Gasteiger partial charge is 0.410 e. The van der Waals surface area contributed by atoms with Crippen molar-refractivity contribution in [3.63, 3.8) is 0 Å². The van der Waals surface area contributed by atoms with E-state index in [0.717, 1.165) is 11.0 Å². The number of fused-ring (bicyclic) bond motifs is 4. The first-order valence-corrected chi connectivity index (χ1v) is 11.7. The summed E-state index contributed by atoms with van der Waals surface area (Å²) in [5.41, 5.74) is 9.10. The molecule has 13 heteroatoms. The first kappa shape index (κ1) is 22.2. The quantitative estimate of drug-likeness (QED) is 0.388. The maximum atomic E-state index is 10.0. The number of benzene rings is 2. The minimum Gasteiger partial charge on any atom is -0.537 e. The number of imidazole rings is 1. The fourth-order valence-corrected chi connectivity index (χ4v) is 5.25. The Balaban J connectivity index is 1.18. The van der Waals surface area contributed by atoms with E-state index in [4.69, 9.17) is 34.4 Å². The molecule has 0 aliphatic carbocycles. The van der Waals surface area contributed by atoms with Gasteiger partial charge in [0.1, 0.15) is 29.4 Å². The fourth-order valence-electron chi connectivity index (χ4n) is 5.25. The van der Waals surface area contributed by atoms with Crippen molar-refractivity contribution in [3.05, 3.63) is 66.2 Å². The zero-order chi connectivity index (χ0) is 25.1. The average Bonchev–Trinajstić information content (AvgIpc) is 3.67. The number of rotatable bonds is 4. The molecular weight excluding hydrogens is 479 g/mol. The van der Waals surface area contributed by atoms with Crippen molar-refractivity contribution in [2.24, 2.45) is 0 Å². The fraction of sp³-hybridized carbons (Fsp3) is 0.250. The molecule has 0 radical (unpaired) electrons. The van der Waals surface area contributed by atoms with Gasteiger partial charge >= 0.3 is 6.75 Å². The molecule has 186 valence electrons. The van der Waals surface area contributed by atoms with Crippen molar-refractivity contribution in [1.29, 1.82) is 5.26 Å². The van der Waals surface area contributed by atoms with Gasteiger partial charge in [-0.2, -0.15) is 5.26 Å². The minimum absolute atomic E-state index is 0.258. The third kappa shape index (κ3) is 3.39. The Morgan fingerprint density at radius 2 is 1.92 bits per heavy atom. The molecule has 5 heterocycles. The predicted octanol–water partition coefficient (Wildman–Crippen LogP) is 1.12. The minimum atomic E-state index is -2.27. The molecule has 1 spiro atoms. The van der Waals surface area contributed by atoms with Crippen molar-refractivity contribution < 1.29 is 28.5 Å². The lowest BCUT2D eigenvalue weighted by molar-refractivity contribution is -0.0673. The second kappa shape index (κ2) is 8.24. The van der Waals surface area contributed by atoms with Crippen molar-refractivity contribution >= 4 is 29.2 Å². The molecule has 4 aromatic rings. The van der Waals surface area contributed by atoms with E-state index in [1.807, 2.05) is 18.2 Å². The second-order valence-corrected chi connectivity index (χ2v) is 9.08. The van der Waals surface area contributed by atoms with E-state index in [1.54, 1.807) is 35.2 Å². The predicted molar refractivity (Wildman–Crippen MR) is 128 cm³/mol. The van der Waals surface area contributed by atoms with Crippen LogP contribution in [0.2, 0.25) is 0 Å². The summed E-state index contributed by atoms with van der Waals surface area (Å²) in [6.45, 7) is -2.26. The van der Waals surface area contributed by atoms with E-state index in [0.29, 0.717) is 28.2 Å². The number of nitrogens with two attached hydrogens (primary N) is 1. The largest absolute Gasteiger partial charge is 0.537 e. The van der Waals surface area contributed by atoms with Gasteiger partial charge in [0, 0.05) is 6.61 Å². The second-order valence-electron chi connectivity index (χ2n) is 9.08. The summed E-state index contributed by atoms with van der Waals surface area (Å²) in [6, 6.07) is 14.5. The number of nitriles is 1. The van der Waals surface area contributed by atoms with Crippen molar-refractivity contribution in [2.45, 2.75) is 31.1 Å². The number of hydrogen-bond donors (Lipinski definition) is 2. The van der Waals surface area contributed by atoms with Gasteiger partial charge in [-0.15, -0.1) is 5.46 Å². The number of aromatic nitrogens is 4. The van der Waals surface area contributed by atoms with Crippen LogP contribution >= 0.6 is 0 Å². The lowest BCUT2D eigenvalue weighted by atomic mass is 9.69. The molecule has 2 saturated heterocycles. The third-order valence-electron chi connectivity index (χ3n) is 6.97. The molecule has 3 N–H and O–H groups in total. The van der Waals surface area contributed by atoms with Gasteiger partial charge in [0.15, 0.2) is 17.7 Å². The van der Waals surface area contributed by atoms with Crippen LogP contribution in [0.25, 0.3) is 11.2 Å². The lowest BCUT2D eigenvalue weighted by Gasteiger charge is -2.34. The molecule has 37 heavy (non-hydrogen) atoms. The SMILES string of the molecule is N#Cc1ccc(Oc2ccc3c(c2)CO[B-]32OC3C(O2)[C@@H](CO)O[C@H]3n2cnc3c(N)ncnc32)cc1. The van der Waals surface area contributed by atoms with Crippen LogP contribution in [0.5, 0.6) is 11.5 Å². The van der Waals surface area contributed by atoms with E-state index >= 15 is 0 Å². The van der Waals surface area contributed by atoms with Crippen LogP contribution in [0.4, 0.5) is 5.82 Å². The molecule has 3 unspecified atom stereocenters. The lowest BCUT2D eigenvalue weighted by Crippen LogP contribution is -2.51. The number of ether oxygens (including phenoxy) is 2. The van der Waals surface area contributed by atoms with E-state index < -0.39 is 31.3 Å². The standard InChI is InChI=1S/C24H20BN6O6/c26-8-13-1-3-15(4-2-13)34-16-5-6-17-14(7-16)10-33-25(17)36-20-18(9-32)35-24(21(20)37-25)31-12-30-19-22(27)28-11-29-23(19)31/h1-7,11-12,18,20-21,24,32H,9-10H2,(H2,27,28,29)/q-1/t18-,20?,21?,24-,25?/m1/s1. The first-order valence-electron chi connectivity index (χ1n) is 11.7. The average molecular weight is 499 g/mol. The number of nitrogen functional groups attached to an aromatic ring is 1. The van der Waals surface area contributed by atoms with Gasteiger partial charge in [0.05, 0.1) is 36.8 Å². The molecule has 5 atom stereocenters. The molecule has 0 saturated carbocycles. The van der Waals surface area contributed by atoms with Crippen molar-refractivity contribution in [1.82, 2.24) is 19.5 Å². The van der Waals surface area contributed by atoms with Gasteiger partial charge in [-0.3, -0.25) is 4.57 Å². The molecule has 2 aromatic carbocycles. The van der Waals surface area contributed by atoms with E-state index in [2.05, 4.69) is 21.0 Å². The highest BCUT2D eigenvalue weighted by Gasteiger charge is 2.57. The van der Waals surface area contributed by atoms with Gasteiger partial charge in [-0.1, -0.05) is 11.6 Å². The number of hydrogen-bond acceptors (Lipinski definition) is 11. The van der Waals surface area contributed by atoms with Crippen LogP contribution in [-0.4, -0.2) is 56.3 Å². The highest BCUT2D eigenvalue weighted by molar-refractivity contribution is 6.77. The zero-order valence-corrected chi connectivity index (χ0v) is 19.3. The zero-order valence-electron chi connectivity index (χ0n) is 19.3. The van der Waals surface area contributed by atoms with Gasteiger partial charge in [0.2, 0.25) is 0 Å². The molecule has 2 fully saturated rings. The Hall–Kier alpha value is -4.06. The van der Waals surface area contributed by atoms with Gasteiger partial charge < -0.3 is 34.3 Å². The molecule has 0 amide bonds. The Morgan fingerprint density at radius 3 is 2.73 bits per heavy atom. The summed E-state index contributed by atoms with van der Waals surface area (Å²) >= 11 is 0. The molecule has 2 aromatic heterocycles. The molecule has 12 nitrogen and oxygen atoms in total. The number of anilines is 1.